The second-order valence-electron chi connectivity index (χ2n) is 7.37. The smallest absolute Gasteiger partial charge is 0.247 e. The van der Waals surface area contributed by atoms with Crippen LogP contribution in [0.2, 0.25) is 0 Å². The van der Waals surface area contributed by atoms with Crippen LogP contribution >= 0.6 is 0 Å². The number of amides is 1. The van der Waals surface area contributed by atoms with Crippen LogP contribution < -0.4 is 11.5 Å². The summed E-state index contributed by atoms with van der Waals surface area (Å²) in [5.74, 6) is 2.44. The van der Waals surface area contributed by atoms with Crippen LogP contribution in [0.25, 0.3) is 0 Å². The summed E-state index contributed by atoms with van der Waals surface area (Å²) in [5, 5.41) is 0. The summed E-state index contributed by atoms with van der Waals surface area (Å²) in [7, 11) is 0. The van der Waals surface area contributed by atoms with Gasteiger partial charge in [0.05, 0.1) is 5.57 Å². The van der Waals surface area contributed by atoms with Crippen molar-refractivity contribution in [3.8, 4) is 0 Å². The van der Waals surface area contributed by atoms with Crippen LogP contribution in [-0.4, -0.2) is 29.4 Å². The first-order valence-corrected chi connectivity index (χ1v) is 7.58. The van der Waals surface area contributed by atoms with Gasteiger partial charge in [0.2, 0.25) is 5.91 Å². The molecule has 4 fully saturated rings. The summed E-state index contributed by atoms with van der Waals surface area (Å²) in [5.41, 5.74) is 13.2. The summed E-state index contributed by atoms with van der Waals surface area (Å²) < 4.78 is 0. The fourth-order valence-electron chi connectivity index (χ4n) is 5.67. The molecule has 1 aliphatic heterocycles. The summed E-state index contributed by atoms with van der Waals surface area (Å²) in [4.78, 5) is 13.9. The van der Waals surface area contributed by atoms with E-state index in [9.17, 15) is 4.79 Å². The Morgan fingerprint density at radius 2 is 1.58 bits per heavy atom. The van der Waals surface area contributed by atoms with Gasteiger partial charge in [-0.15, -0.1) is 0 Å². The van der Waals surface area contributed by atoms with Crippen molar-refractivity contribution in [1.29, 1.82) is 0 Å². The molecule has 5 aliphatic rings. The number of primary amides is 1. The normalized spacial score (nSPS) is 45.2. The molecule has 0 saturated heterocycles. The SMILES string of the molecule is NC(=O)C1=C(N)CN(C23CC4CC(CC(C4)C2)C3)C1. The maximum atomic E-state index is 11.4. The Kier molecular flexibility index (Phi) is 2.32. The molecule has 104 valence electrons. The lowest BCUT2D eigenvalue weighted by Crippen LogP contribution is -2.59. The van der Waals surface area contributed by atoms with Crippen LogP contribution in [0.3, 0.4) is 0 Å². The standard InChI is InChI=1S/C15H23N3O/c16-13-8-18(7-12(13)14(17)19)15-4-9-1-10(5-15)3-11(2-9)6-15/h9-11H,1-8,16H2,(H2,17,19). The van der Waals surface area contributed by atoms with E-state index in [1.807, 2.05) is 0 Å². The Bertz CT molecular complexity index is 433. The van der Waals surface area contributed by atoms with Crippen molar-refractivity contribution in [2.24, 2.45) is 29.2 Å². The molecular formula is C15H23N3O. The van der Waals surface area contributed by atoms with Crippen LogP contribution in [0, 0.1) is 17.8 Å². The van der Waals surface area contributed by atoms with Gasteiger partial charge in [0.15, 0.2) is 0 Å². The lowest BCUT2D eigenvalue weighted by Gasteiger charge is -2.60. The molecule has 0 radical (unpaired) electrons. The highest BCUT2D eigenvalue weighted by Crippen LogP contribution is 2.58. The van der Waals surface area contributed by atoms with E-state index < -0.39 is 0 Å². The highest BCUT2D eigenvalue weighted by molar-refractivity contribution is 5.93. The monoisotopic (exact) mass is 261 g/mol. The van der Waals surface area contributed by atoms with Gasteiger partial charge in [0.25, 0.3) is 0 Å². The van der Waals surface area contributed by atoms with Gasteiger partial charge in [0, 0.05) is 24.3 Å². The van der Waals surface area contributed by atoms with Crippen molar-refractivity contribution in [2.45, 2.75) is 44.1 Å². The molecular weight excluding hydrogens is 238 g/mol. The van der Waals surface area contributed by atoms with Crippen LogP contribution in [0.15, 0.2) is 11.3 Å². The minimum atomic E-state index is -0.329. The first kappa shape index (κ1) is 11.8. The Hall–Kier alpha value is -1.03. The number of carbonyl (C=O) groups is 1. The van der Waals surface area contributed by atoms with Gasteiger partial charge in [0.1, 0.15) is 0 Å². The molecule has 1 amide bonds. The topological polar surface area (TPSA) is 72.3 Å². The lowest BCUT2D eigenvalue weighted by atomic mass is 9.52. The summed E-state index contributed by atoms with van der Waals surface area (Å²) in [6.07, 6.45) is 8.28. The first-order chi connectivity index (χ1) is 9.06. The van der Waals surface area contributed by atoms with Crippen molar-refractivity contribution < 1.29 is 4.79 Å². The highest BCUT2D eigenvalue weighted by Gasteiger charge is 2.54. The van der Waals surface area contributed by atoms with E-state index in [1.54, 1.807) is 0 Å². The molecule has 4 saturated carbocycles. The Balaban J connectivity index is 1.59. The zero-order valence-corrected chi connectivity index (χ0v) is 11.4. The third-order valence-corrected chi connectivity index (χ3v) is 6.07. The predicted octanol–water partition coefficient (Wildman–Crippen LogP) is 0.969. The molecule has 5 rings (SSSR count). The Labute approximate surface area is 114 Å². The fourth-order valence-corrected chi connectivity index (χ4v) is 5.67. The summed E-state index contributed by atoms with van der Waals surface area (Å²) in [6, 6.07) is 0. The number of hydrogen-bond donors (Lipinski definition) is 2. The average molecular weight is 261 g/mol. The van der Waals surface area contributed by atoms with E-state index in [0.717, 1.165) is 24.3 Å². The number of hydrogen-bond acceptors (Lipinski definition) is 3. The molecule has 0 atom stereocenters. The fraction of sp³-hybridized carbons (Fsp3) is 0.800. The molecule has 4 aliphatic carbocycles. The van der Waals surface area contributed by atoms with Crippen molar-refractivity contribution in [3.05, 3.63) is 11.3 Å². The summed E-state index contributed by atoms with van der Waals surface area (Å²) >= 11 is 0. The van der Waals surface area contributed by atoms with Gasteiger partial charge in [-0.3, -0.25) is 9.69 Å². The average Bonchev–Trinajstić information content (AvgIpc) is 2.70. The second-order valence-corrected chi connectivity index (χ2v) is 7.37. The maximum Gasteiger partial charge on any atom is 0.247 e. The molecule has 0 unspecified atom stereocenters. The van der Waals surface area contributed by atoms with Gasteiger partial charge >= 0.3 is 0 Å². The van der Waals surface area contributed by atoms with Crippen LogP contribution in [-0.2, 0) is 4.79 Å². The molecule has 4 N–H and O–H groups in total. The quantitative estimate of drug-likeness (QED) is 0.778. The van der Waals surface area contributed by atoms with Gasteiger partial charge in [-0.2, -0.15) is 0 Å². The van der Waals surface area contributed by atoms with Crippen molar-refractivity contribution in [3.63, 3.8) is 0 Å². The lowest BCUT2D eigenvalue weighted by molar-refractivity contribution is -0.115. The van der Waals surface area contributed by atoms with E-state index in [4.69, 9.17) is 11.5 Å². The van der Waals surface area contributed by atoms with E-state index in [0.29, 0.717) is 23.4 Å². The molecule has 0 aromatic rings. The third kappa shape index (κ3) is 1.65. The van der Waals surface area contributed by atoms with E-state index in [2.05, 4.69) is 4.90 Å². The zero-order chi connectivity index (χ0) is 13.2. The van der Waals surface area contributed by atoms with Crippen LogP contribution in [0.1, 0.15) is 38.5 Å². The van der Waals surface area contributed by atoms with E-state index in [-0.39, 0.29) is 5.91 Å². The van der Waals surface area contributed by atoms with Crippen LogP contribution in [0.5, 0.6) is 0 Å². The molecule has 0 spiro atoms. The molecule has 4 bridgehead atoms. The third-order valence-electron chi connectivity index (χ3n) is 6.07. The Morgan fingerprint density at radius 1 is 1.05 bits per heavy atom. The predicted molar refractivity (Wildman–Crippen MR) is 72.9 cm³/mol. The molecule has 0 aromatic heterocycles. The number of nitrogens with two attached hydrogens (primary N) is 2. The van der Waals surface area contributed by atoms with E-state index >= 15 is 0 Å². The number of nitrogens with zero attached hydrogens (tertiary/aromatic N) is 1. The number of rotatable bonds is 2. The van der Waals surface area contributed by atoms with Crippen LogP contribution in [0.4, 0.5) is 0 Å². The molecule has 19 heavy (non-hydrogen) atoms. The van der Waals surface area contributed by atoms with Gasteiger partial charge in [-0.25, -0.2) is 0 Å². The zero-order valence-electron chi connectivity index (χ0n) is 11.4. The van der Waals surface area contributed by atoms with Crippen molar-refractivity contribution in [1.82, 2.24) is 4.90 Å². The van der Waals surface area contributed by atoms with Gasteiger partial charge in [-0.1, -0.05) is 0 Å². The minimum Gasteiger partial charge on any atom is -0.401 e. The number of carbonyl (C=O) groups excluding carboxylic acids is 1. The Morgan fingerprint density at radius 3 is 2.00 bits per heavy atom. The second kappa shape index (κ2) is 3.75. The van der Waals surface area contributed by atoms with Crippen molar-refractivity contribution in [2.75, 3.05) is 13.1 Å². The molecule has 4 nitrogen and oxygen atoms in total. The largest absolute Gasteiger partial charge is 0.401 e. The van der Waals surface area contributed by atoms with Gasteiger partial charge in [-0.05, 0) is 56.3 Å². The van der Waals surface area contributed by atoms with Crippen molar-refractivity contribution >= 4 is 5.91 Å². The molecule has 0 aromatic carbocycles. The summed E-state index contributed by atoms with van der Waals surface area (Å²) in [6.45, 7) is 1.44. The first-order valence-electron chi connectivity index (χ1n) is 7.58. The molecule has 1 heterocycles. The molecule has 4 heteroatoms. The minimum absolute atomic E-state index is 0.329. The highest BCUT2D eigenvalue weighted by atomic mass is 16.1. The van der Waals surface area contributed by atoms with Gasteiger partial charge < -0.3 is 11.5 Å². The van der Waals surface area contributed by atoms with E-state index in [1.165, 1.54) is 38.5 Å². The maximum absolute atomic E-state index is 11.4.